The van der Waals surface area contributed by atoms with Gasteiger partial charge in [-0.3, -0.25) is 0 Å². The lowest BCUT2D eigenvalue weighted by atomic mass is 9.83. The minimum absolute atomic E-state index is 0.162. The maximum Gasteiger partial charge on any atom is 0.155 e. The molecule has 0 unspecified atom stereocenters. The van der Waals surface area contributed by atoms with Gasteiger partial charge in [0.25, 0.3) is 0 Å². The van der Waals surface area contributed by atoms with Crippen LogP contribution in [0.1, 0.15) is 48.8 Å². The molecule has 0 atom stereocenters. The SMILES string of the molecule is Cc1cc(C(C)(C)C)cc(C)c1Cc1nnnn1CCN. The fourth-order valence-electron chi connectivity index (χ4n) is 2.51. The summed E-state index contributed by atoms with van der Waals surface area (Å²) in [6, 6.07) is 4.55. The number of benzene rings is 1. The average molecular weight is 287 g/mol. The number of tetrazole rings is 1. The molecule has 5 nitrogen and oxygen atoms in total. The van der Waals surface area contributed by atoms with Gasteiger partial charge in [-0.15, -0.1) is 5.10 Å². The van der Waals surface area contributed by atoms with Crippen molar-refractivity contribution in [1.82, 2.24) is 20.2 Å². The number of aromatic nitrogens is 4. The highest BCUT2D eigenvalue weighted by Gasteiger charge is 2.17. The van der Waals surface area contributed by atoms with Crippen molar-refractivity contribution in [2.24, 2.45) is 5.73 Å². The first-order chi connectivity index (χ1) is 9.82. The molecule has 1 aromatic carbocycles. The van der Waals surface area contributed by atoms with Gasteiger partial charge in [0.2, 0.25) is 0 Å². The van der Waals surface area contributed by atoms with Gasteiger partial charge in [-0.1, -0.05) is 32.9 Å². The molecule has 0 saturated heterocycles. The molecule has 0 aliphatic heterocycles. The van der Waals surface area contributed by atoms with Gasteiger partial charge < -0.3 is 5.73 Å². The van der Waals surface area contributed by atoms with E-state index in [0.29, 0.717) is 13.1 Å². The topological polar surface area (TPSA) is 69.6 Å². The van der Waals surface area contributed by atoms with E-state index in [9.17, 15) is 0 Å². The van der Waals surface area contributed by atoms with Crippen LogP contribution < -0.4 is 5.73 Å². The predicted octanol–water partition coefficient (Wildman–Crippen LogP) is 2.14. The Morgan fingerprint density at radius 2 is 1.76 bits per heavy atom. The lowest BCUT2D eigenvalue weighted by Gasteiger charge is -2.22. The fourth-order valence-corrected chi connectivity index (χ4v) is 2.51. The van der Waals surface area contributed by atoms with Crippen LogP contribution in [0.3, 0.4) is 0 Å². The number of aryl methyl sites for hydroxylation is 2. The van der Waals surface area contributed by atoms with Crippen molar-refractivity contribution in [3.63, 3.8) is 0 Å². The summed E-state index contributed by atoms with van der Waals surface area (Å²) >= 11 is 0. The molecule has 5 heteroatoms. The number of hydrogen-bond acceptors (Lipinski definition) is 4. The summed E-state index contributed by atoms with van der Waals surface area (Å²) < 4.78 is 1.79. The van der Waals surface area contributed by atoms with E-state index in [1.54, 1.807) is 4.68 Å². The molecule has 0 saturated carbocycles. The van der Waals surface area contributed by atoms with Gasteiger partial charge >= 0.3 is 0 Å². The van der Waals surface area contributed by atoms with E-state index in [1.165, 1.54) is 22.3 Å². The van der Waals surface area contributed by atoms with Gasteiger partial charge in [-0.25, -0.2) is 4.68 Å². The van der Waals surface area contributed by atoms with E-state index < -0.39 is 0 Å². The molecule has 0 radical (unpaired) electrons. The highest BCUT2D eigenvalue weighted by atomic mass is 15.5. The van der Waals surface area contributed by atoms with Gasteiger partial charge in [0, 0.05) is 13.0 Å². The molecule has 1 heterocycles. The summed E-state index contributed by atoms with van der Waals surface area (Å²) in [5.74, 6) is 0.871. The molecule has 0 bridgehead atoms. The molecule has 0 fully saturated rings. The summed E-state index contributed by atoms with van der Waals surface area (Å²) in [7, 11) is 0. The first kappa shape index (κ1) is 15.6. The van der Waals surface area contributed by atoms with Gasteiger partial charge in [0.1, 0.15) is 0 Å². The van der Waals surface area contributed by atoms with Crippen LogP contribution in [-0.4, -0.2) is 26.8 Å². The minimum Gasteiger partial charge on any atom is -0.329 e. The molecule has 1 aromatic heterocycles. The van der Waals surface area contributed by atoms with Gasteiger partial charge in [-0.2, -0.15) is 0 Å². The van der Waals surface area contributed by atoms with Crippen molar-refractivity contribution in [2.45, 2.75) is 53.0 Å². The molecular weight excluding hydrogens is 262 g/mol. The van der Waals surface area contributed by atoms with Gasteiger partial charge in [0.05, 0.1) is 6.54 Å². The monoisotopic (exact) mass is 287 g/mol. The highest BCUT2D eigenvalue weighted by molar-refractivity contribution is 5.41. The third-order valence-electron chi connectivity index (χ3n) is 3.84. The summed E-state index contributed by atoms with van der Waals surface area (Å²) in [5, 5.41) is 11.9. The Morgan fingerprint density at radius 1 is 1.14 bits per heavy atom. The third kappa shape index (κ3) is 3.47. The Labute approximate surface area is 126 Å². The number of rotatable bonds is 4. The second kappa shape index (κ2) is 5.93. The van der Waals surface area contributed by atoms with Crippen LogP contribution in [-0.2, 0) is 18.4 Å². The zero-order valence-electron chi connectivity index (χ0n) is 13.6. The van der Waals surface area contributed by atoms with E-state index in [2.05, 4.69) is 62.3 Å². The lowest BCUT2D eigenvalue weighted by molar-refractivity contribution is 0.576. The predicted molar refractivity (Wildman–Crippen MR) is 84.3 cm³/mol. The van der Waals surface area contributed by atoms with Crippen LogP contribution in [0.5, 0.6) is 0 Å². The Balaban J connectivity index is 2.35. The molecule has 114 valence electrons. The van der Waals surface area contributed by atoms with Gasteiger partial charge in [-0.05, 0) is 51.9 Å². The highest BCUT2D eigenvalue weighted by Crippen LogP contribution is 2.27. The molecule has 0 spiro atoms. The summed E-state index contributed by atoms with van der Waals surface area (Å²) in [6.07, 6.45) is 0.745. The standard InChI is InChI=1S/C16H25N5/c1-11-8-13(16(3,4)5)9-12(2)14(11)10-15-18-19-20-21(15)7-6-17/h8-9H,6-7,10,17H2,1-5H3. The van der Waals surface area contributed by atoms with Crippen molar-refractivity contribution in [1.29, 1.82) is 0 Å². The van der Waals surface area contributed by atoms with Crippen molar-refractivity contribution in [2.75, 3.05) is 6.54 Å². The minimum atomic E-state index is 0.162. The second-order valence-corrected chi connectivity index (χ2v) is 6.62. The molecular formula is C16H25N5. The maximum atomic E-state index is 5.59. The van der Waals surface area contributed by atoms with E-state index in [-0.39, 0.29) is 5.41 Å². The smallest absolute Gasteiger partial charge is 0.155 e. The van der Waals surface area contributed by atoms with Crippen LogP contribution in [0.25, 0.3) is 0 Å². The molecule has 2 aromatic rings. The Hall–Kier alpha value is -1.75. The van der Waals surface area contributed by atoms with E-state index in [0.717, 1.165) is 12.2 Å². The number of hydrogen-bond donors (Lipinski definition) is 1. The first-order valence-corrected chi connectivity index (χ1v) is 7.38. The molecule has 2 rings (SSSR count). The molecule has 2 N–H and O–H groups in total. The van der Waals surface area contributed by atoms with Crippen LogP contribution >= 0.6 is 0 Å². The fraction of sp³-hybridized carbons (Fsp3) is 0.562. The van der Waals surface area contributed by atoms with Crippen molar-refractivity contribution < 1.29 is 0 Å². The molecule has 0 aliphatic carbocycles. The zero-order chi connectivity index (χ0) is 15.6. The Kier molecular flexibility index (Phi) is 4.42. The summed E-state index contributed by atoms with van der Waals surface area (Å²) in [4.78, 5) is 0. The normalized spacial score (nSPS) is 11.9. The van der Waals surface area contributed by atoms with Crippen molar-refractivity contribution in [3.05, 3.63) is 40.2 Å². The van der Waals surface area contributed by atoms with E-state index >= 15 is 0 Å². The Bertz CT molecular complexity index is 599. The second-order valence-electron chi connectivity index (χ2n) is 6.62. The number of nitrogens with zero attached hydrogens (tertiary/aromatic N) is 4. The van der Waals surface area contributed by atoms with E-state index in [1.807, 2.05) is 0 Å². The van der Waals surface area contributed by atoms with E-state index in [4.69, 9.17) is 5.73 Å². The lowest BCUT2D eigenvalue weighted by Crippen LogP contribution is -2.15. The summed E-state index contributed by atoms with van der Waals surface area (Å²) in [6.45, 7) is 12.2. The Morgan fingerprint density at radius 3 is 2.29 bits per heavy atom. The average Bonchev–Trinajstić information content (AvgIpc) is 2.80. The quantitative estimate of drug-likeness (QED) is 0.935. The summed E-state index contributed by atoms with van der Waals surface area (Å²) in [5.41, 5.74) is 11.0. The first-order valence-electron chi connectivity index (χ1n) is 7.38. The molecule has 0 aliphatic rings. The van der Waals surface area contributed by atoms with Crippen LogP contribution in [0.15, 0.2) is 12.1 Å². The van der Waals surface area contributed by atoms with Crippen LogP contribution in [0, 0.1) is 13.8 Å². The third-order valence-corrected chi connectivity index (χ3v) is 3.84. The maximum absolute atomic E-state index is 5.59. The largest absolute Gasteiger partial charge is 0.329 e. The van der Waals surface area contributed by atoms with Crippen molar-refractivity contribution in [3.8, 4) is 0 Å². The van der Waals surface area contributed by atoms with Crippen LogP contribution in [0.4, 0.5) is 0 Å². The molecule has 21 heavy (non-hydrogen) atoms. The number of nitrogens with two attached hydrogens (primary N) is 1. The van der Waals surface area contributed by atoms with Crippen molar-refractivity contribution >= 4 is 0 Å². The van der Waals surface area contributed by atoms with Gasteiger partial charge in [0.15, 0.2) is 5.82 Å². The zero-order valence-corrected chi connectivity index (χ0v) is 13.6. The molecule has 0 amide bonds. The van der Waals surface area contributed by atoms with Crippen LogP contribution in [0.2, 0.25) is 0 Å².